The van der Waals surface area contributed by atoms with Crippen LogP contribution in [0.2, 0.25) is 0 Å². The zero-order chi connectivity index (χ0) is 13.5. The molecule has 0 aromatic carbocycles. The summed E-state index contributed by atoms with van der Waals surface area (Å²) in [7, 11) is 0. The second-order valence-electron chi connectivity index (χ2n) is 6.33. The molecule has 1 aliphatic heterocycles. The van der Waals surface area contributed by atoms with E-state index in [1.54, 1.807) is 0 Å². The molecule has 0 aromatic heterocycles. The Kier molecular flexibility index (Phi) is 6.15. The van der Waals surface area contributed by atoms with Crippen molar-refractivity contribution in [1.82, 2.24) is 10.2 Å². The Hall–Kier alpha value is -0.570. The quantitative estimate of drug-likeness (QED) is 0.830. The SMILES string of the molecule is CCCC1CCC(NCC(=O)N2CCCCC2)CC1. The molecule has 1 N–H and O–H groups in total. The van der Waals surface area contributed by atoms with Crippen molar-refractivity contribution in [3.63, 3.8) is 0 Å². The first kappa shape index (κ1) is 14.8. The van der Waals surface area contributed by atoms with Gasteiger partial charge < -0.3 is 10.2 Å². The first-order valence-electron chi connectivity index (χ1n) is 8.30. The second kappa shape index (κ2) is 7.88. The summed E-state index contributed by atoms with van der Waals surface area (Å²) in [4.78, 5) is 14.1. The van der Waals surface area contributed by atoms with Crippen LogP contribution in [0, 0.1) is 5.92 Å². The molecule has 0 aromatic rings. The molecule has 19 heavy (non-hydrogen) atoms. The van der Waals surface area contributed by atoms with Gasteiger partial charge in [0.15, 0.2) is 0 Å². The summed E-state index contributed by atoms with van der Waals surface area (Å²) < 4.78 is 0. The number of hydrogen-bond donors (Lipinski definition) is 1. The zero-order valence-corrected chi connectivity index (χ0v) is 12.5. The van der Waals surface area contributed by atoms with Crippen LogP contribution in [0.5, 0.6) is 0 Å². The van der Waals surface area contributed by atoms with Gasteiger partial charge >= 0.3 is 0 Å². The van der Waals surface area contributed by atoms with Crippen LogP contribution in [0.25, 0.3) is 0 Å². The first-order valence-corrected chi connectivity index (χ1v) is 8.30. The predicted octanol–water partition coefficient (Wildman–Crippen LogP) is 2.95. The fourth-order valence-corrected chi connectivity index (χ4v) is 3.55. The topological polar surface area (TPSA) is 32.3 Å². The van der Waals surface area contributed by atoms with Crippen LogP contribution in [-0.2, 0) is 4.79 Å². The minimum Gasteiger partial charge on any atom is -0.342 e. The number of rotatable bonds is 5. The molecule has 0 unspecified atom stereocenters. The fourth-order valence-electron chi connectivity index (χ4n) is 3.55. The van der Waals surface area contributed by atoms with Gasteiger partial charge in [-0.25, -0.2) is 0 Å². The molecule has 0 atom stereocenters. The van der Waals surface area contributed by atoms with E-state index >= 15 is 0 Å². The molecule has 1 saturated heterocycles. The fraction of sp³-hybridized carbons (Fsp3) is 0.938. The van der Waals surface area contributed by atoms with Crippen molar-refractivity contribution >= 4 is 5.91 Å². The minimum atomic E-state index is 0.315. The normalized spacial score (nSPS) is 28.4. The highest BCUT2D eigenvalue weighted by Crippen LogP contribution is 2.27. The Bertz CT molecular complexity index is 266. The molecule has 0 spiro atoms. The summed E-state index contributed by atoms with van der Waals surface area (Å²) in [5.74, 6) is 1.26. The molecule has 110 valence electrons. The van der Waals surface area contributed by atoms with E-state index in [2.05, 4.69) is 12.2 Å². The lowest BCUT2D eigenvalue weighted by Gasteiger charge is -2.31. The number of nitrogens with zero attached hydrogens (tertiary/aromatic N) is 1. The lowest BCUT2D eigenvalue weighted by atomic mass is 9.83. The third-order valence-electron chi connectivity index (χ3n) is 4.79. The van der Waals surface area contributed by atoms with Crippen LogP contribution in [0.3, 0.4) is 0 Å². The largest absolute Gasteiger partial charge is 0.342 e. The highest BCUT2D eigenvalue weighted by Gasteiger charge is 2.22. The minimum absolute atomic E-state index is 0.315. The molecule has 0 radical (unpaired) electrons. The Morgan fingerprint density at radius 2 is 1.79 bits per heavy atom. The third kappa shape index (κ3) is 4.79. The van der Waals surface area contributed by atoms with E-state index in [1.807, 2.05) is 4.90 Å². The Morgan fingerprint density at radius 1 is 1.11 bits per heavy atom. The van der Waals surface area contributed by atoms with Gasteiger partial charge in [-0.3, -0.25) is 4.79 Å². The molecule has 2 aliphatic rings. The van der Waals surface area contributed by atoms with E-state index in [-0.39, 0.29) is 0 Å². The van der Waals surface area contributed by atoms with Crippen LogP contribution in [0.15, 0.2) is 0 Å². The van der Waals surface area contributed by atoms with Gasteiger partial charge in [0.2, 0.25) is 5.91 Å². The van der Waals surface area contributed by atoms with Gasteiger partial charge in [0.1, 0.15) is 0 Å². The average molecular weight is 266 g/mol. The molecule has 0 bridgehead atoms. The van der Waals surface area contributed by atoms with E-state index in [1.165, 1.54) is 57.8 Å². The summed E-state index contributed by atoms with van der Waals surface area (Å²) in [6.07, 6.45) is 11.6. The molecule has 1 amide bonds. The number of hydrogen-bond acceptors (Lipinski definition) is 2. The van der Waals surface area contributed by atoms with E-state index < -0.39 is 0 Å². The first-order chi connectivity index (χ1) is 9.29. The summed E-state index contributed by atoms with van der Waals surface area (Å²) in [5, 5.41) is 3.49. The maximum atomic E-state index is 12.1. The van der Waals surface area contributed by atoms with Crippen molar-refractivity contribution in [1.29, 1.82) is 0 Å². The number of likely N-dealkylation sites (tertiary alicyclic amines) is 1. The molecule has 2 fully saturated rings. The molecular formula is C16H30N2O. The van der Waals surface area contributed by atoms with Crippen LogP contribution in [-0.4, -0.2) is 36.5 Å². The van der Waals surface area contributed by atoms with Gasteiger partial charge in [-0.2, -0.15) is 0 Å². The standard InChI is InChI=1S/C16H30N2O/c1-2-6-14-7-9-15(10-8-14)17-13-16(19)18-11-4-3-5-12-18/h14-15,17H,2-13H2,1H3. The molecule has 3 nitrogen and oxygen atoms in total. The van der Waals surface area contributed by atoms with Gasteiger partial charge in [-0.15, -0.1) is 0 Å². The molecule has 3 heteroatoms. The van der Waals surface area contributed by atoms with Crippen molar-refractivity contribution in [3.05, 3.63) is 0 Å². The summed E-state index contributed by atoms with van der Waals surface area (Å²) in [6.45, 7) is 4.79. The highest BCUT2D eigenvalue weighted by atomic mass is 16.2. The Labute approximate surface area is 118 Å². The van der Waals surface area contributed by atoms with Crippen molar-refractivity contribution in [2.45, 2.75) is 70.8 Å². The van der Waals surface area contributed by atoms with Crippen LogP contribution in [0.4, 0.5) is 0 Å². The number of nitrogens with one attached hydrogen (secondary N) is 1. The maximum Gasteiger partial charge on any atom is 0.236 e. The van der Waals surface area contributed by atoms with E-state index in [0.717, 1.165) is 19.0 Å². The summed E-state index contributed by atoms with van der Waals surface area (Å²) in [5.41, 5.74) is 0. The molecule has 1 aliphatic carbocycles. The van der Waals surface area contributed by atoms with E-state index in [9.17, 15) is 4.79 Å². The van der Waals surface area contributed by atoms with Gasteiger partial charge in [0.25, 0.3) is 0 Å². The molecule has 2 rings (SSSR count). The third-order valence-corrected chi connectivity index (χ3v) is 4.79. The van der Waals surface area contributed by atoms with Gasteiger partial charge in [0, 0.05) is 19.1 Å². The van der Waals surface area contributed by atoms with E-state index in [4.69, 9.17) is 0 Å². The smallest absolute Gasteiger partial charge is 0.236 e. The lowest BCUT2D eigenvalue weighted by Crippen LogP contribution is -2.44. The highest BCUT2D eigenvalue weighted by molar-refractivity contribution is 5.78. The number of amides is 1. The molecular weight excluding hydrogens is 236 g/mol. The van der Waals surface area contributed by atoms with Crippen LogP contribution in [0.1, 0.15) is 64.7 Å². The van der Waals surface area contributed by atoms with Crippen molar-refractivity contribution < 1.29 is 4.79 Å². The monoisotopic (exact) mass is 266 g/mol. The molecule has 1 saturated carbocycles. The van der Waals surface area contributed by atoms with Gasteiger partial charge in [-0.05, 0) is 50.9 Å². The second-order valence-corrected chi connectivity index (χ2v) is 6.33. The van der Waals surface area contributed by atoms with E-state index in [0.29, 0.717) is 18.5 Å². The number of carbonyl (C=O) groups excluding carboxylic acids is 1. The Balaban J connectivity index is 1.61. The maximum absolute atomic E-state index is 12.1. The van der Waals surface area contributed by atoms with Gasteiger partial charge in [0.05, 0.1) is 6.54 Å². The van der Waals surface area contributed by atoms with Crippen molar-refractivity contribution in [2.75, 3.05) is 19.6 Å². The van der Waals surface area contributed by atoms with Crippen molar-refractivity contribution in [3.8, 4) is 0 Å². The molecule has 1 heterocycles. The lowest BCUT2D eigenvalue weighted by molar-refractivity contribution is -0.131. The van der Waals surface area contributed by atoms with Crippen molar-refractivity contribution in [2.24, 2.45) is 5.92 Å². The van der Waals surface area contributed by atoms with Crippen LogP contribution < -0.4 is 5.32 Å². The number of carbonyl (C=O) groups is 1. The number of piperidine rings is 1. The van der Waals surface area contributed by atoms with Crippen LogP contribution >= 0.6 is 0 Å². The predicted molar refractivity (Wildman–Crippen MR) is 79.1 cm³/mol. The average Bonchev–Trinajstić information content (AvgIpc) is 2.47. The van der Waals surface area contributed by atoms with Gasteiger partial charge in [-0.1, -0.05) is 19.8 Å². The summed E-state index contributed by atoms with van der Waals surface area (Å²) in [6, 6.07) is 0.585. The summed E-state index contributed by atoms with van der Waals surface area (Å²) >= 11 is 0. The zero-order valence-electron chi connectivity index (χ0n) is 12.5. The Morgan fingerprint density at radius 3 is 2.42 bits per heavy atom.